The minimum atomic E-state index is -0.428. The van der Waals surface area contributed by atoms with E-state index in [9.17, 15) is 4.79 Å². The molecule has 1 aliphatic carbocycles. The van der Waals surface area contributed by atoms with Crippen LogP contribution in [0.5, 0.6) is 0 Å². The van der Waals surface area contributed by atoms with Crippen molar-refractivity contribution in [3.05, 3.63) is 0 Å². The normalized spacial score (nSPS) is 29.3. The Morgan fingerprint density at radius 2 is 1.91 bits per heavy atom. The Bertz CT molecular complexity index is 348. The third-order valence-electron chi connectivity index (χ3n) is 4.61. The Morgan fingerprint density at radius 3 is 2.59 bits per heavy atom. The van der Waals surface area contributed by atoms with E-state index in [-0.39, 0.29) is 6.09 Å². The average molecular weight is 311 g/mol. The van der Waals surface area contributed by atoms with Crippen molar-refractivity contribution in [3.8, 4) is 0 Å². The summed E-state index contributed by atoms with van der Waals surface area (Å²) in [7, 11) is 0. The van der Waals surface area contributed by atoms with Crippen LogP contribution in [0.2, 0.25) is 0 Å². The summed E-state index contributed by atoms with van der Waals surface area (Å²) in [4.78, 5) is 11.8. The van der Waals surface area contributed by atoms with Gasteiger partial charge in [0.15, 0.2) is 0 Å². The highest BCUT2D eigenvalue weighted by molar-refractivity contribution is 5.67. The number of rotatable bonds is 5. The van der Waals surface area contributed by atoms with Crippen LogP contribution in [0.4, 0.5) is 4.79 Å². The van der Waals surface area contributed by atoms with Gasteiger partial charge in [0.25, 0.3) is 0 Å². The first kappa shape index (κ1) is 17.5. The van der Waals surface area contributed by atoms with Crippen LogP contribution in [0.3, 0.4) is 0 Å². The van der Waals surface area contributed by atoms with E-state index >= 15 is 0 Å². The summed E-state index contributed by atoms with van der Waals surface area (Å²) in [5.41, 5.74) is -0.428. The van der Waals surface area contributed by atoms with E-state index in [0.717, 1.165) is 13.1 Å². The molecule has 2 aliphatic rings. The summed E-state index contributed by atoms with van der Waals surface area (Å²) in [6, 6.07) is 1.15. The maximum absolute atomic E-state index is 11.8. The molecule has 0 bridgehead atoms. The molecule has 2 rings (SSSR count). The highest BCUT2D eigenvalue weighted by Gasteiger charge is 2.27. The van der Waals surface area contributed by atoms with Crippen LogP contribution in [0, 0.1) is 5.92 Å². The molecule has 1 aliphatic heterocycles. The van der Waals surface area contributed by atoms with E-state index in [1.807, 2.05) is 20.8 Å². The van der Waals surface area contributed by atoms with Gasteiger partial charge in [-0.05, 0) is 58.9 Å². The number of alkyl carbamates (subject to hydrolysis) is 1. The van der Waals surface area contributed by atoms with Crippen LogP contribution < -0.4 is 16.0 Å². The molecule has 5 heteroatoms. The highest BCUT2D eigenvalue weighted by atomic mass is 16.6. The van der Waals surface area contributed by atoms with Gasteiger partial charge in [-0.15, -0.1) is 0 Å². The number of ether oxygens (including phenoxy) is 1. The van der Waals surface area contributed by atoms with Crippen LogP contribution in [0.15, 0.2) is 0 Å². The zero-order valence-corrected chi connectivity index (χ0v) is 14.4. The summed E-state index contributed by atoms with van der Waals surface area (Å²) in [5.74, 6) is 0.516. The summed E-state index contributed by atoms with van der Waals surface area (Å²) < 4.78 is 5.32. The Hall–Kier alpha value is -0.810. The minimum Gasteiger partial charge on any atom is -0.444 e. The quantitative estimate of drug-likeness (QED) is 0.730. The van der Waals surface area contributed by atoms with E-state index in [2.05, 4.69) is 16.0 Å². The molecule has 1 saturated carbocycles. The fraction of sp³-hybridized carbons (Fsp3) is 0.941. The van der Waals surface area contributed by atoms with E-state index < -0.39 is 5.60 Å². The summed E-state index contributed by atoms with van der Waals surface area (Å²) in [6.07, 6.45) is 7.23. The van der Waals surface area contributed by atoms with Crippen LogP contribution in [0.25, 0.3) is 0 Å². The Labute approximate surface area is 134 Å². The first-order valence-electron chi connectivity index (χ1n) is 8.87. The molecule has 0 aromatic heterocycles. The lowest BCUT2D eigenvalue weighted by molar-refractivity contribution is 0.0510. The molecule has 3 unspecified atom stereocenters. The van der Waals surface area contributed by atoms with Crippen molar-refractivity contribution in [2.45, 2.75) is 77.0 Å². The van der Waals surface area contributed by atoms with Gasteiger partial charge >= 0.3 is 6.09 Å². The summed E-state index contributed by atoms with van der Waals surface area (Å²) >= 11 is 0. The number of carbonyl (C=O) groups excluding carboxylic acids is 1. The Kier molecular flexibility index (Phi) is 6.50. The zero-order chi connectivity index (χ0) is 16.0. The molecule has 0 aromatic rings. The molecule has 1 heterocycles. The lowest BCUT2D eigenvalue weighted by atomic mass is 9.84. The zero-order valence-electron chi connectivity index (χ0n) is 14.4. The largest absolute Gasteiger partial charge is 0.444 e. The molecule has 3 N–H and O–H groups in total. The topological polar surface area (TPSA) is 62.4 Å². The van der Waals surface area contributed by atoms with Gasteiger partial charge in [0.05, 0.1) is 0 Å². The van der Waals surface area contributed by atoms with Crippen LogP contribution >= 0.6 is 0 Å². The number of hydrogen-bond acceptors (Lipinski definition) is 4. The maximum Gasteiger partial charge on any atom is 0.407 e. The van der Waals surface area contributed by atoms with Crippen LogP contribution in [0.1, 0.15) is 59.3 Å². The summed E-state index contributed by atoms with van der Waals surface area (Å²) in [5, 5.41) is 10.2. The monoisotopic (exact) mass is 311 g/mol. The molecule has 5 nitrogen and oxygen atoms in total. The van der Waals surface area contributed by atoms with Crippen molar-refractivity contribution in [3.63, 3.8) is 0 Å². The molecule has 0 spiro atoms. The standard InChI is InChI=1S/C17H33N3O2/c1-17(2,3)22-16(21)20-11-13-7-4-5-9-15(13)19-12-14-8-6-10-18-14/h13-15,18-19H,4-12H2,1-3H3,(H,20,21). The number of nitrogens with one attached hydrogen (secondary N) is 3. The van der Waals surface area contributed by atoms with E-state index in [1.54, 1.807) is 0 Å². The van der Waals surface area contributed by atoms with Crippen molar-refractivity contribution in [1.29, 1.82) is 0 Å². The molecule has 1 saturated heterocycles. The Balaban J connectivity index is 1.72. The smallest absolute Gasteiger partial charge is 0.407 e. The van der Waals surface area contributed by atoms with E-state index in [0.29, 0.717) is 24.5 Å². The molecule has 1 amide bonds. The van der Waals surface area contributed by atoms with Gasteiger partial charge in [-0.3, -0.25) is 0 Å². The second kappa shape index (κ2) is 8.16. The number of hydrogen-bond donors (Lipinski definition) is 3. The lowest BCUT2D eigenvalue weighted by Crippen LogP contribution is -2.48. The minimum absolute atomic E-state index is 0.297. The first-order valence-corrected chi connectivity index (χ1v) is 8.87. The third kappa shape index (κ3) is 6.13. The van der Waals surface area contributed by atoms with E-state index in [1.165, 1.54) is 38.5 Å². The van der Waals surface area contributed by atoms with Gasteiger partial charge in [-0.25, -0.2) is 4.79 Å². The second-order valence-corrected chi connectivity index (χ2v) is 7.74. The van der Waals surface area contributed by atoms with Crippen molar-refractivity contribution >= 4 is 6.09 Å². The van der Waals surface area contributed by atoms with Crippen LogP contribution in [-0.2, 0) is 4.74 Å². The molecule has 0 aromatic carbocycles. The van der Waals surface area contributed by atoms with Crippen molar-refractivity contribution in [1.82, 2.24) is 16.0 Å². The second-order valence-electron chi connectivity index (χ2n) is 7.74. The van der Waals surface area contributed by atoms with Gasteiger partial charge in [-0.1, -0.05) is 12.8 Å². The van der Waals surface area contributed by atoms with Crippen molar-refractivity contribution in [2.24, 2.45) is 5.92 Å². The molecule has 0 radical (unpaired) electrons. The SMILES string of the molecule is CC(C)(C)OC(=O)NCC1CCCCC1NCC1CCCN1. The molecule has 128 valence electrons. The number of amides is 1. The van der Waals surface area contributed by atoms with Crippen molar-refractivity contribution < 1.29 is 9.53 Å². The van der Waals surface area contributed by atoms with Crippen LogP contribution in [-0.4, -0.2) is 43.4 Å². The van der Waals surface area contributed by atoms with Crippen molar-refractivity contribution in [2.75, 3.05) is 19.6 Å². The van der Waals surface area contributed by atoms with Gasteiger partial charge in [0.1, 0.15) is 5.60 Å². The van der Waals surface area contributed by atoms with Gasteiger partial charge in [0, 0.05) is 25.2 Å². The first-order chi connectivity index (χ1) is 10.4. The molecular weight excluding hydrogens is 278 g/mol. The number of carbonyl (C=O) groups is 1. The van der Waals surface area contributed by atoms with Gasteiger partial charge in [-0.2, -0.15) is 0 Å². The molecule has 22 heavy (non-hydrogen) atoms. The molecule has 2 fully saturated rings. The summed E-state index contributed by atoms with van der Waals surface area (Å²) in [6.45, 7) is 8.60. The predicted octanol–water partition coefficient (Wildman–Crippen LogP) is 2.41. The fourth-order valence-corrected chi connectivity index (χ4v) is 3.47. The maximum atomic E-state index is 11.8. The van der Waals surface area contributed by atoms with Gasteiger partial charge < -0.3 is 20.7 Å². The predicted molar refractivity (Wildman–Crippen MR) is 89.0 cm³/mol. The highest BCUT2D eigenvalue weighted by Crippen LogP contribution is 2.24. The third-order valence-corrected chi connectivity index (χ3v) is 4.61. The molecule has 3 atom stereocenters. The molecular formula is C17H33N3O2. The fourth-order valence-electron chi connectivity index (χ4n) is 3.47. The average Bonchev–Trinajstić information content (AvgIpc) is 2.95. The van der Waals surface area contributed by atoms with Gasteiger partial charge in [0.2, 0.25) is 0 Å². The van der Waals surface area contributed by atoms with E-state index in [4.69, 9.17) is 4.74 Å². The lowest BCUT2D eigenvalue weighted by Gasteiger charge is -2.33. The Morgan fingerprint density at radius 1 is 1.14 bits per heavy atom.